The summed E-state index contributed by atoms with van der Waals surface area (Å²) >= 11 is 1.49. The van der Waals surface area contributed by atoms with E-state index in [1.54, 1.807) is 5.01 Å². The summed E-state index contributed by atoms with van der Waals surface area (Å²) in [6, 6.07) is 17.7. The highest BCUT2D eigenvalue weighted by atomic mass is 32.1. The Morgan fingerprint density at radius 2 is 1.86 bits per heavy atom. The average molecular weight is 407 g/mol. The highest BCUT2D eigenvalue weighted by Crippen LogP contribution is 2.36. The number of aromatic nitrogens is 1. The molecule has 7 heteroatoms. The van der Waals surface area contributed by atoms with E-state index in [2.05, 4.69) is 22.5 Å². The molecule has 148 valence electrons. The van der Waals surface area contributed by atoms with E-state index >= 15 is 0 Å². The Hall–Kier alpha value is -2.77. The Balaban J connectivity index is 1.35. The molecular weight excluding hydrogens is 384 g/mol. The Morgan fingerprint density at radius 1 is 1.10 bits per heavy atom. The van der Waals surface area contributed by atoms with E-state index in [4.69, 9.17) is 0 Å². The van der Waals surface area contributed by atoms with Crippen LogP contribution < -0.4 is 10.4 Å². The van der Waals surface area contributed by atoms with E-state index in [0.717, 1.165) is 16.6 Å². The molecule has 29 heavy (non-hydrogen) atoms. The van der Waals surface area contributed by atoms with Crippen LogP contribution in [0.25, 0.3) is 10.2 Å². The fourth-order valence-corrected chi connectivity index (χ4v) is 5.34. The number of thiazole rings is 1. The quantitative estimate of drug-likeness (QED) is 0.723. The van der Waals surface area contributed by atoms with Gasteiger partial charge in [-0.1, -0.05) is 53.8 Å². The lowest BCUT2D eigenvalue weighted by Gasteiger charge is -2.39. The van der Waals surface area contributed by atoms with Crippen LogP contribution in [0.3, 0.4) is 0 Å². The number of fused-ring (bicyclic) bond motifs is 2. The van der Waals surface area contributed by atoms with Gasteiger partial charge in [0.15, 0.2) is 0 Å². The van der Waals surface area contributed by atoms with Gasteiger partial charge in [0.05, 0.1) is 16.1 Å². The Morgan fingerprint density at radius 3 is 2.66 bits per heavy atom. The number of nitrogens with zero attached hydrogens (tertiary/aromatic N) is 3. The Bertz CT molecular complexity index is 1030. The first-order valence-electron chi connectivity index (χ1n) is 9.91. The third-order valence-corrected chi connectivity index (χ3v) is 6.94. The van der Waals surface area contributed by atoms with E-state index in [1.807, 2.05) is 54.3 Å². The second kappa shape index (κ2) is 7.24. The van der Waals surface area contributed by atoms with Crippen LogP contribution in [0.15, 0.2) is 54.6 Å². The zero-order valence-electron chi connectivity index (χ0n) is 16.1. The van der Waals surface area contributed by atoms with Crippen molar-refractivity contribution in [2.24, 2.45) is 5.92 Å². The monoisotopic (exact) mass is 406 g/mol. The van der Waals surface area contributed by atoms with Crippen LogP contribution in [0.2, 0.25) is 0 Å². The summed E-state index contributed by atoms with van der Waals surface area (Å²) in [6.07, 6.45) is 1.12. The molecule has 0 bridgehead atoms. The van der Waals surface area contributed by atoms with Crippen molar-refractivity contribution in [3.05, 3.63) is 60.2 Å². The van der Waals surface area contributed by atoms with Crippen molar-refractivity contribution < 1.29 is 9.59 Å². The minimum atomic E-state index is -0.254. The number of carbonyl (C=O) groups is 2. The molecule has 2 aliphatic heterocycles. The smallest absolute Gasteiger partial charge is 0.250 e. The van der Waals surface area contributed by atoms with Gasteiger partial charge in [0.2, 0.25) is 16.9 Å². The third-order valence-electron chi connectivity index (χ3n) is 5.92. The Kier molecular flexibility index (Phi) is 4.56. The number of rotatable bonds is 4. The molecule has 1 aromatic heterocycles. The molecule has 2 aromatic carbocycles. The molecule has 3 unspecified atom stereocenters. The first-order valence-corrected chi connectivity index (χ1v) is 10.7. The molecule has 0 saturated carbocycles. The van der Waals surface area contributed by atoms with Crippen molar-refractivity contribution in [3.63, 3.8) is 0 Å². The number of hydrogen-bond donors (Lipinski definition) is 1. The van der Waals surface area contributed by atoms with E-state index in [1.165, 1.54) is 16.9 Å². The number of piperidine rings is 1. The summed E-state index contributed by atoms with van der Waals surface area (Å²) in [5.74, 6) is -0.157. The Labute approximate surface area is 173 Å². The van der Waals surface area contributed by atoms with Crippen LogP contribution in [0.5, 0.6) is 0 Å². The van der Waals surface area contributed by atoms with Crippen LogP contribution >= 0.6 is 11.3 Å². The summed E-state index contributed by atoms with van der Waals surface area (Å²) in [5.41, 5.74) is 5.34. The summed E-state index contributed by atoms with van der Waals surface area (Å²) in [4.78, 5) is 32.5. The fraction of sp³-hybridized carbons (Fsp3) is 0.318. The number of nitrogens with one attached hydrogen (secondary N) is 1. The lowest BCUT2D eigenvalue weighted by atomic mass is 9.86. The van der Waals surface area contributed by atoms with Crippen molar-refractivity contribution in [1.29, 1.82) is 0 Å². The maximum atomic E-state index is 13.2. The van der Waals surface area contributed by atoms with Gasteiger partial charge in [-0.15, -0.1) is 0 Å². The van der Waals surface area contributed by atoms with Crippen molar-refractivity contribution in [1.82, 2.24) is 15.3 Å². The van der Waals surface area contributed by atoms with Gasteiger partial charge >= 0.3 is 0 Å². The SMILES string of the molecule is CC1C2C(=O)N(c3nc4ccccc4s3)NC2CC(=O)N1CCc1ccccc1. The van der Waals surface area contributed by atoms with E-state index < -0.39 is 0 Å². The van der Waals surface area contributed by atoms with Gasteiger partial charge in [-0.3, -0.25) is 9.59 Å². The summed E-state index contributed by atoms with van der Waals surface area (Å²) in [6.45, 7) is 2.61. The number of anilines is 1. The third kappa shape index (κ3) is 3.20. The number of hydrogen-bond acceptors (Lipinski definition) is 5. The molecule has 5 rings (SSSR count). The molecule has 0 spiro atoms. The molecule has 1 N–H and O–H groups in total. The van der Waals surface area contributed by atoms with Crippen LogP contribution in [-0.4, -0.2) is 40.3 Å². The van der Waals surface area contributed by atoms with E-state index in [0.29, 0.717) is 18.1 Å². The van der Waals surface area contributed by atoms with Crippen LogP contribution in [0, 0.1) is 5.92 Å². The normalized spacial score (nSPS) is 24.4. The van der Waals surface area contributed by atoms with Gasteiger partial charge in [0, 0.05) is 25.0 Å². The van der Waals surface area contributed by atoms with Gasteiger partial charge < -0.3 is 4.90 Å². The predicted molar refractivity (Wildman–Crippen MR) is 113 cm³/mol. The van der Waals surface area contributed by atoms with Gasteiger partial charge in [-0.25, -0.2) is 15.4 Å². The second-order valence-corrected chi connectivity index (χ2v) is 8.68. The van der Waals surface area contributed by atoms with Crippen molar-refractivity contribution in [2.75, 3.05) is 11.6 Å². The largest absolute Gasteiger partial charge is 0.339 e. The summed E-state index contributed by atoms with van der Waals surface area (Å²) < 4.78 is 1.04. The molecule has 3 aromatic rings. The zero-order chi connectivity index (χ0) is 20.0. The van der Waals surface area contributed by atoms with Crippen LogP contribution in [0.1, 0.15) is 18.9 Å². The topological polar surface area (TPSA) is 65.5 Å². The number of para-hydroxylation sites is 1. The molecule has 3 atom stereocenters. The highest BCUT2D eigenvalue weighted by molar-refractivity contribution is 7.22. The molecule has 0 radical (unpaired) electrons. The first kappa shape index (κ1) is 18.3. The number of hydrazine groups is 1. The zero-order valence-corrected chi connectivity index (χ0v) is 16.9. The molecule has 0 aliphatic carbocycles. The van der Waals surface area contributed by atoms with Gasteiger partial charge in [0.1, 0.15) is 0 Å². The molecule has 2 aliphatic rings. The van der Waals surface area contributed by atoms with Gasteiger partial charge in [-0.2, -0.15) is 0 Å². The van der Waals surface area contributed by atoms with Crippen molar-refractivity contribution in [2.45, 2.75) is 31.8 Å². The van der Waals surface area contributed by atoms with Gasteiger partial charge in [-0.05, 0) is 31.0 Å². The van der Waals surface area contributed by atoms with E-state index in [-0.39, 0.29) is 29.8 Å². The molecular formula is C22H22N4O2S. The van der Waals surface area contributed by atoms with Crippen molar-refractivity contribution in [3.8, 4) is 0 Å². The molecule has 2 saturated heterocycles. The fourth-order valence-electron chi connectivity index (χ4n) is 4.40. The highest BCUT2D eigenvalue weighted by Gasteiger charge is 2.51. The predicted octanol–water partition coefficient (Wildman–Crippen LogP) is 3.00. The molecule has 2 fully saturated rings. The average Bonchev–Trinajstić information content (AvgIpc) is 3.29. The van der Waals surface area contributed by atoms with Gasteiger partial charge in [0.25, 0.3) is 0 Å². The van der Waals surface area contributed by atoms with E-state index in [9.17, 15) is 9.59 Å². The van der Waals surface area contributed by atoms with Crippen molar-refractivity contribution >= 4 is 38.5 Å². The first-order chi connectivity index (χ1) is 14.1. The lowest BCUT2D eigenvalue weighted by molar-refractivity contribution is -0.140. The second-order valence-electron chi connectivity index (χ2n) is 7.67. The summed E-state index contributed by atoms with van der Waals surface area (Å²) in [7, 11) is 0. The minimum absolute atomic E-state index is 0.00114. The molecule has 3 heterocycles. The number of carbonyl (C=O) groups excluding carboxylic acids is 2. The number of amides is 2. The molecule has 6 nitrogen and oxygen atoms in total. The summed E-state index contributed by atoms with van der Waals surface area (Å²) in [5, 5.41) is 2.20. The maximum Gasteiger partial charge on any atom is 0.250 e. The lowest BCUT2D eigenvalue weighted by Crippen LogP contribution is -2.55. The van der Waals surface area contributed by atoms with Crippen LogP contribution in [-0.2, 0) is 16.0 Å². The number of benzene rings is 2. The molecule has 2 amide bonds. The standard InChI is InChI=1S/C22H22N4O2S/c1-14-20-17(13-19(27)25(14)12-11-15-7-3-2-4-8-15)24-26(21(20)28)22-23-16-9-5-6-10-18(16)29-22/h2-10,14,17,20,24H,11-13H2,1H3. The minimum Gasteiger partial charge on any atom is -0.339 e. The maximum absolute atomic E-state index is 13.2. The number of likely N-dealkylation sites (tertiary alicyclic amines) is 1. The van der Waals surface area contributed by atoms with Crippen LogP contribution in [0.4, 0.5) is 5.13 Å².